The Labute approximate surface area is 179 Å². The molecule has 0 saturated carbocycles. The maximum atomic E-state index is 12.8. The summed E-state index contributed by atoms with van der Waals surface area (Å²) < 4.78 is 2.20. The summed E-state index contributed by atoms with van der Waals surface area (Å²) in [4.78, 5) is 28.8. The summed E-state index contributed by atoms with van der Waals surface area (Å²) in [5.41, 5.74) is 9.77. The van der Waals surface area contributed by atoms with Crippen molar-refractivity contribution in [1.82, 2.24) is 9.55 Å². The number of hydrogen-bond donors (Lipinski definition) is 2. The number of aromatic nitrogens is 2. The van der Waals surface area contributed by atoms with Crippen molar-refractivity contribution in [1.29, 1.82) is 0 Å². The van der Waals surface area contributed by atoms with E-state index in [1.807, 2.05) is 25.1 Å². The van der Waals surface area contributed by atoms with Gasteiger partial charge in [-0.15, -0.1) is 0 Å². The van der Waals surface area contributed by atoms with Gasteiger partial charge in [-0.25, -0.2) is 4.98 Å². The summed E-state index contributed by atoms with van der Waals surface area (Å²) in [5.74, 6) is -0.610. The van der Waals surface area contributed by atoms with Crippen LogP contribution in [0.25, 0.3) is 5.69 Å². The number of benzene rings is 2. The molecule has 7 heteroatoms. The molecule has 1 aliphatic rings. The largest absolute Gasteiger partial charge is 0.366 e. The number of imidazole rings is 1. The van der Waals surface area contributed by atoms with E-state index >= 15 is 0 Å². The molecule has 0 spiro atoms. The van der Waals surface area contributed by atoms with E-state index in [2.05, 4.69) is 22.0 Å². The molecule has 1 heterocycles. The molecule has 3 aromatic rings. The second-order valence-corrected chi connectivity index (χ2v) is 8.66. The van der Waals surface area contributed by atoms with Gasteiger partial charge in [-0.3, -0.25) is 14.2 Å². The molecule has 30 heavy (non-hydrogen) atoms. The lowest BCUT2D eigenvalue weighted by molar-refractivity contribution is -0.115. The molecule has 1 atom stereocenters. The van der Waals surface area contributed by atoms with Crippen molar-refractivity contribution in [2.45, 2.75) is 43.0 Å². The number of anilines is 1. The van der Waals surface area contributed by atoms with E-state index in [9.17, 15) is 9.59 Å². The molecule has 2 aromatic carbocycles. The third kappa shape index (κ3) is 4.26. The lowest BCUT2D eigenvalue weighted by Gasteiger charge is -2.16. The molecule has 0 fully saturated rings. The van der Waals surface area contributed by atoms with Crippen molar-refractivity contribution < 1.29 is 9.59 Å². The molecule has 1 aliphatic carbocycles. The number of carbonyl (C=O) groups excluding carboxylic acids is 2. The van der Waals surface area contributed by atoms with Crippen LogP contribution in [0.2, 0.25) is 0 Å². The first-order chi connectivity index (χ1) is 14.5. The number of amides is 2. The van der Waals surface area contributed by atoms with Crippen molar-refractivity contribution in [3.05, 3.63) is 71.5 Å². The van der Waals surface area contributed by atoms with E-state index in [1.165, 1.54) is 17.5 Å². The highest BCUT2D eigenvalue weighted by Gasteiger charge is 2.24. The van der Waals surface area contributed by atoms with Gasteiger partial charge in [0.15, 0.2) is 5.16 Å². The molecule has 3 N–H and O–H groups in total. The van der Waals surface area contributed by atoms with E-state index < -0.39 is 5.91 Å². The van der Waals surface area contributed by atoms with Gasteiger partial charge >= 0.3 is 0 Å². The number of primary amides is 1. The third-order valence-electron chi connectivity index (χ3n) is 5.20. The fourth-order valence-electron chi connectivity index (χ4n) is 3.61. The number of aryl methyl sites for hydroxylation is 1. The number of nitrogens with one attached hydrogen (secondary N) is 1. The van der Waals surface area contributed by atoms with Gasteiger partial charge in [-0.05, 0) is 69.0 Å². The summed E-state index contributed by atoms with van der Waals surface area (Å²) in [7, 11) is 0. The molecule has 0 bridgehead atoms. The zero-order chi connectivity index (χ0) is 21.1. The first-order valence-electron chi connectivity index (χ1n) is 10.1. The predicted molar refractivity (Wildman–Crippen MR) is 119 cm³/mol. The maximum Gasteiger partial charge on any atom is 0.248 e. The Morgan fingerprint density at radius 3 is 2.47 bits per heavy atom. The maximum absolute atomic E-state index is 12.8. The molecule has 0 radical (unpaired) electrons. The number of hydrogen-bond acceptors (Lipinski definition) is 4. The Kier molecular flexibility index (Phi) is 5.90. The number of carbonyl (C=O) groups is 2. The van der Waals surface area contributed by atoms with E-state index in [4.69, 9.17) is 10.7 Å². The van der Waals surface area contributed by atoms with Gasteiger partial charge in [0, 0.05) is 22.6 Å². The number of para-hydroxylation sites is 1. The summed E-state index contributed by atoms with van der Waals surface area (Å²) in [6.45, 7) is 1.88. The van der Waals surface area contributed by atoms with Crippen LogP contribution in [-0.2, 0) is 17.6 Å². The molecule has 0 aliphatic heterocycles. The monoisotopic (exact) mass is 420 g/mol. The number of rotatable bonds is 6. The van der Waals surface area contributed by atoms with Crippen LogP contribution in [0.4, 0.5) is 5.69 Å². The Morgan fingerprint density at radius 1 is 1.07 bits per heavy atom. The molecular formula is C23H24N4O2S. The first kappa shape index (κ1) is 20.2. The topological polar surface area (TPSA) is 90.0 Å². The fraction of sp³-hybridized carbons (Fsp3) is 0.261. The molecule has 1 aromatic heterocycles. The van der Waals surface area contributed by atoms with Crippen LogP contribution >= 0.6 is 11.8 Å². The average Bonchev–Trinajstić information content (AvgIpc) is 3.12. The van der Waals surface area contributed by atoms with Crippen LogP contribution in [0.5, 0.6) is 0 Å². The van der Waals surface area contributed by atoms with Crippen molar-refractivity contribution in [3.8, 4) is 5.69 Å². The SMILES string of the molecule is C[C@H](Sc1nc2c(n1-c1ccccc1)CCCC2)C(=O)Nc1ccc(C(N)=O)cc1. The van der Waals surface area contributed by atoms with Crippen molar-refractivity contribution in [2.75, 3.05) is 5.32 Å². The molecule has 0 unspecified atom stereocenters. The van der Waals surface area contributed by atoms with E-state index in [1.54, 1.807) is 24.3 Å². The minimum absolute atomic E-state index is 0.118. The van der Waals surface area contributed by atoms with Crippen LogP contribution in [0, 0.1) is 0 Å². The quantitative estimate of drug-likeness (QED) is 0.591. The zero-order valence-corrected chi connectivity index (χ0v) is 17.6. The highest BCUT2D eigenvalue weighted by atomic mass is 32.2. The summed E-state index contributed by atoms with van der Waals surface area (Å²) >= 11 is 1.46. The van der Waals surface area contributed by atoms with Crippen molar-refractivity contribution >= 4 is 29.3 Å². The zero-order valence-electron chi connectivity index (χ0n) is 16.8. The number of thioether (sulfide) groups is 1. The lowest BCUT2D eigenvalue weighted by Crippen LogP contribution is -2.23. The van der Waals surface area contributed by atoms with Gasteiger partial charge in [0.1, 0.15) is 0 Å². The van der Waals surface area contributed by atoms with E-state index in [-0.39, 0.29) is 11.2 Å². The van der Waals surface area contributed by atoms with Gasteiger partial charge in [0.05, 0.1) is 10.9 Å². The van der Waals surface area contributed by atoms with Gasteiger partial charge in [0.2, 0.25) is 11.8 Å². The van der Waals surface area contributed by atoms with Crippen LogP contribution in [0.1, 0.15) is 41.5 Å². The van der Waals surface area contributed by atoms with E-state index in [0.29, 0.717) is 11.3 Å². The Balaban J connectivity index is 1.54. The minimum atomic E-state index is -0.492. The van der Waals surface area contributed by atoms with Crippen molar-refractivity contribution in [2.24, 2.45) is 5.73 Å². The van der Waals surface area contributed by atoms with Gasteiger partial charge in [-0.1, -0.05) is 30.0 Å². The number of nitrogens with zero attached hydrogens (tertiary/aromatic N) is 2. The van der Waals surface area contributed by atoms with Gasteiger partial charge in [-0.2, -0.15) is 0 Å². The normalized spacial score (nSPS) is 14.0. The smallest absolute Gasteiger partial charge is 0.248 e. The number of nitrogens with two attached hydrogens (primary N) is 1. The molecule has 154 valence electrons. The van der Waals surface area contributed by atoms with Gasteiger partial charge in [0.25, 0.3) is 0 Å². The van der Waals surface area contributed by atoms with E-state index in [0.717, 1.165) is 42.2 Å². The van der Waals surface area contributed by atoms with Crippen molar-refractivity contribution in [3.63, 3.8) is 0 Å². The van der Waals surface area contributed by atoms with Crippen LogP contribution in [0.15, 0.2) is 59.8 Å². The summed E-state index contributed by atoms with van der Waals surface area (Å²) in [6, 6.07) is 16.8. The Morgan fingerprint density at radius 2 is 1.77 bits per heavy atom. The molecule has 6 nitrogen and oxygen atoms in total. The first-order valence-corrected chi connectivity index (χ1v) is 10.9. The highest BCUT2D eigenvalue weighted by molar-refractivity contribution is 8.00. The third-order valence-corrected chi connectivity index (χ3v) is 6.26. The predicted octanol–water partition coefficient (Wildman–Crippen LogP) is 3.97. The Hall–Kier alpha value is -3.06. The number of fused-ring (bicyclic) bond motifs is 1. The van der Waals surface area contributed by atoms with Gasteiger partial charge < -0.3 is 11.1 Å². The second-order valence-electron chi connectivity index (χ2n) is 7.36. The summed E-state index contributed by atoms with van der Waals surface area (Å²) in [5, 5.41) is 3.41. The van der Waals surface area contributed by atoms with Crippen LogP contribution in [0.3, 0.4) is 0 Å². The molecule has 0 saturated heterocycles. The highest BCUT2D eigenvalue weighted by Crippen LogP contribution is 2.32. The Bertz CT molecular complexity index is 1060. The second kappa shape index (κ2) is 8.75. The minimum Gasteiger partial charge on any atom is -0.366 e. The van der Waals surface area contributed by atoms with Crippen LogP contribution in [-0.4, -0.2) is 26.6 Å². The fourth-order valence-corrected chi connectivity index (χ4v) is 4.58. The van der Waals surface area contributed by atoms with Crippen LogP contribution < -0.4 is 11.1 Å². The molecule has 4 rings (SSSR count). The average molecular weight is 421 g/mol. The summed E-state index contributed by atoms with van der Waals surface area (Å²) in [6.07, 6.45) is 4.30. The lowest BCUT2D eigenvalue weighted by atomic mass is 10.0. The molecule has 2 amide bonds. The standard InChI is InChI=1S/C23H24N4O2S/c1-15(22(29)25-17-13-11-16(12-14-17)21(24)28)30-23-26-19-9-5-6-10-20(19)27(23)18-7-3-2-4-8-18/h2-4,7-8,11-15H,5-6,9-10H2,1H3,(H2,24,28)(H,25,29)/t15-/m0/s1. The molecular weight excluding hydrogens is 396 g/mol.